The molecule has 0 fully saturated rings. The lowest BCUT2D eigenvalue weighted by Crippen LogP contribution is -2.42. The van der Waals surface area contributed by atoms with Crippen LogP contribution in [0.25, 0.3) is 11.4 Å². The van der Waals surface area contributed by atoms with Gasteiger partial charge >= 0.3 is 6.09 Å². The van der Waals surface area contributed by atoms with Gasteiger partial charge in [0, 0.05) is 29.2 Å². The van der Waals surface area contributed by atoms with Crippen LogP contribution in [0.1, 0.15) is 23.7 Å². The molecule has 4 rings (SSSR count). The fourth-order valence-electron chi connectivity index (χ4n) is 3.87. The van der Waals surface area contributed by atoms with E-state index in [0.29, 0.717) is 28.4 Å². The molecule has 182 valence electrons. The van der Waals surface area contributed by atoms with E-state index in [2.05, 4.69) is 10.3 Å². The molecule has 1 aliphatic rings. The molecule has 0 atom stereocenters. The maximum Gasteiger partial charge on any atom is 0.410 e. The van der Waals surface area contributed by atoms with Gasteiger partial charge in [-0.05, 0) is 55.3 Å². The highest BCUT2D eigenvalue weighted by molar-refractivity contribution is 6.30. The van der Waals surface area contributed by atoms with E-state index in [1.807, 2.05) is 0 Å². The van der Waals surface area contributed by atoms with Crippen LogP contribution in [0, 0.1) is 5.82 Å². The molecule has 0 saturated carbocycles. The number of fused-ring (bicyclic) bond motifs is 1. The Kier molecular flexibility index (Phi) is 7.45. The van der Waals surface area contributed by atoms with Crippen LogP contribution in [0.4, 0.5) is 9.18 Å². The molecule has 1 aliphatic heterocycles. The maximum atomic E-state index is 13.5. The third-order valence-electron chi connectivity index (χ3n) is 5.65. The summed E-state index contributed by atoms with van der Waals surface area (Å²) in [6.45, 7) is 2.38. The highest BCUT2D eigenvalue weighted by Gasteiger charge is 2.27. The number of rotatable bonds is 6. The van der Waals surface area contributed by atoms with Gasteiger partial charge in [-0.3, -0.25) is 14.2 Å². The van der Waals surface area contributed by atoms with Gasteiger partial charge in [-0.1, -0.05) is 23.7 Å². The van der Waals surface area contributed by atoms with Gasteiger partial charge < -0.3 is 15.0 Å². The molecule has 0 radical (unpaired) electrons. The van der Waals surface area contributed by atoms with Gasteiger partial charge in [0.15, 0.2) is 0 Å². The van der Waals surface area contributed by atoms with Crippen LogP contribution in [-0.2, 0) is 35.6 Å². The Morgan fingerprint density at radius 2 is 1.86 bits per heavy atom. The molecule has 3 aromatic rings. The smallest absolute Gasteiger partial charge is 0.410 e. The Hall–Kier alpha value is -3.72. The minimum Gasteiger partial charge on any atom is -0.450 e. The van der Waals surface area contributed by atoms with Gasteiger partial charge in [0.2, 0.25) is 5.91 Å². The van der Waals surface area contributed by atoms with Crippen LogP contribution in [0.5, 0.6) is 0 Å². The molecule has 2 heterocycles. The van der Waals surface area contributed by atoms with E-state index in [1.54, 1.807) is 31.2 Å². The van der Waals surface area contributed by atoms with Crippen molar-refractivity contribution >= 4 is 23.6 Å². The Bertz CT molecular complexity index is 1290. The van der Waals surface area contributed by atoms with Crippen LogP contribution in [0.3, 0.4) is 0 Å². The molecule has 2 amide bonds. The summed E-state index contributed by atoms with van der Waals surface area (Å²) in [6, 6.07) is 12.6. The number of hydrogen-bond acceptors (Lipinski definition) is 5. The molecule has 0 unspecified atom stereocenters. The highest BCUT2D eigenvalue weighted by Crippen LogP contribution is 2.22. The summed E-state index contributed by atoms with van der Waals surface area (Å²) in [7, 11) is 0. The summed E-state index contributed by atoms with van der Waals surface area (Å²) < 4.78 is 19.9. The van der Waals surface area contributed by atoms with Crippen molar-refractivity contribution in [3.63, 3.8) is 0 Å². The zero-order valence-corrected chi connectivity index (χ0v) is 19.8. The Morgan fingerprint density at radius 1 is 1.14 bits per heavy atom. The highest BCUT2D eigenvalue weighted by atomic mass is 35.5. The lowest BCUT2D eigenvalue weighted by atomic mass is 10.1. The van der Waals surface area contributed by atoms with Crippen molar-refractivity contribution in [1.82, 2.24) is 19.8 Å². The lowest BCUT2D eigenvalue weighted by Gasteiger charge is -2.28. The van der Waals surface area contributed by atoms with E-state index in [1.165, 1.54) is 33.7 Å². The maximum absolute atomic E-state index is 13.5. The van der Waals surface area contributed by atoms with Crippen LogP contribution in [-0.4, -0.2) is 39.6 Å². The number of amides is 2. The molecule has 10 heteroatoms. The third-order valence-corrected chi connectivity index (χ3v) is 5.91. The van der Waals surface area contributed by atoms with Crippen LogP contribution in [0.15, 0.2) is 53.3 Å². The molecule has 2 aromatic carbocycles. The number of nitrogens with one attached hydrogen (secondary N) is 1. The monoisotopic (exact) mass is 498 g/mol. The second kappa shape index (κ2) is 10.7. The number of nitrogens with zero attached hydrogens (tertiary/aromatic N) is 3. The van der Waals surface area contributed by atoms with Gasteiger partial charge in [-0.2, -0.15) is 0 Å². The van der Waals surface area contributed by atoms with Gasteiger partial charge in [0.1, 0.15) is 18.2 Å². The second-order valence-corrected chi connectivity index (χ2v) is 8.47. The van der Waals surface area contributed by atoms with Crippen molar-refractivity contribution in [3.05, 3.63) is 86.5 Å². The lowest BCUT2D eigenvalue weighted by molar-refractivity contribution is -0.121. The number of benzene rings is 2. The fourth-order valence-corrected chi connectivity index (χ4v) is 3.99. The van der Waals surface area contributed by atoms with Crippen molar-refractivity contribution in [1.29, 1.82) is 0 Å². The molecule has 0 aliphatic carbocycles. The van der Waals surface area contributed by atoms with Crippen molar-refractivity contribution in [2.45, 2.75) is 33.0 Å². The fraction of sp³-hybridized carbons (Fsp3) is 0.280. The molecular weight excluding hydrogens is 475 g/mol. The summed E-state index contributed by atoms with van der Waals surface area (Å²) in [4.78, 5) is 44.5. The summed E-state index contributed by atoms with van der Waals surface area (Å²) in [5.74, 6) is -0.591. The number of carbonyl (C=O) groups is 2. The topological polar surface area (TPSA) is 93.5 Å². The zero-order valence-electron chi connectivity index (χ0n) is 19.1. The van der Waals surface area contributed by atoms with Gasteiger partial charge in [0.05, 0.1) is 18.8 Å². The first-order chi connectivity index (χ1) is 16.9. The van der Waals surface area contributed by atoms with Gasteiger partial charge in [-0.25, -0.2) is 14.2 Å². The zero-order chi connectivity index (χ0) is 24.9. The van der Waals surface area contributed by atoms with Crippen LogP contribution < -0.4 is 10.9 Å². The molecule has 35 heavy (non-hydrogen) atoms. The Morgan fingerprint density at radius 3 is 2.54 bits per heavy atom. The predicted molar refractivity (Wildman–Crippen MR) is 128 cm³/mol. The molecule has 0 spiro atoms. The first-order valence-corrected chi connectivity index (χ1v) is 11.5. The Balaban J connectivity index is 1.64. The summed E-state index contributed by atoms with van der Waals surface area (Å²) in [5, 5.41) is 3.39. The Labute approximate surface area is 206 Å². The minimum atomic E-state index is -0.478. The number of carbonyl (C=O) groups excluding carboxylic acids is 2. The average molecular weight is 499 g/mol. The largest absolute Gasteiger partial charge is 0.450 e. The van der Waals surface area contributed by atoms with E-state index >= 15 is 0 Å². The molecule has 8 nitrogen and oxygen atoms in total. The number of halogens is 2. The van der Waals surface area contributed by atoms with E-state index in [-0.39, 0.29) is 50.0 Å². The first-order valence-electron chi connectivity index (χ1n) is 11.2. The quantitative estimate of drug-likeness (QED) is 0.561. The molecular formula is C25H24ClFN4O4. The van der Waals surface area contributed by atoms with Crippen LogP contribution in [0.2, 0.25) is 5.02 Å². The summed E-state index contributed by atoms with van der Waals surface area (Å²) in [5.41, 5.74) is 1.86. The molecule has 0 saturated heterocycles. The molecule has 0 bridgehead atoms. The third kappa shape index (κ3) is 5.68. The van der Waals surface area contributed by atoms with E-state index in [4.69, 9.17) is 16.3 Å². The van der Waals surface area contributed by atoms with E-state index in [9.17, 15) is 18.8 Å². The van der Waals surface area contributed by atoms with Crippen molar-refractivity contribution in [3.8, 4) is 11.4 Å². The minimum absolute atomic E-state index is 0.112. The summed E-state index contributed by atoms with van der Waals surface area (Å²) >= 11 is 5.90. The second-order valence-electron chi connectivity index (χ2n) is 8.03. The van der Waals surface area contributed by atoms with Gasteiger partial charge in [-0.15, -0.1) is 0 Å². The standard InChI is InChI=1S/C25H24ClFN4O4/c1-2-35-25(34)30-12-11-20-21(14-30)29-23(17-5-9-19(27)10-6-17)31(24(20)33)15-22(32)28-13-16-3-7-18(26)8-4-16/h3-10H,2,11-15H2,1H3,(H,28,32). The van der Waals surface area contributed by atoms with Crippen molar-refractivity contribution in [2.75, 3.05) is 13.2 Å². The SMILES string of the molecule is CCOC(=O)N1CCc2c(nc(-c3ccc(F)cc3)n(CC(=O)NCc3ccc(Cl)cc3)c2=O)C1. The normalized spacial score (nSPS) is 12.7. The molecule has 1 aromatic heterocycles. The van der Waals surface area contributed by atoms with Crippen molar-refractivity contribution in [2.24, 2.45) is 0 Å². The molecule has 1 N–H and O–H groups in total. The van der Waals surface area contributed by atoms with E-state index < -0.39 is 11.9 Å². The van der Waals surface area contributed by atoms with Gasteiger partial charge in [0.25, 0.3) is 5.56 Å². The average Bonchev–Trinajstić information content (AvgIpc) is 2.85. The number of aromatic nitrogens is 2. The van der Waals surface area contributed by atoms with Crippen LogP contribution >= 0.6 is 11.6 Å². The first kappa shape index (κ1) is 24.4. The van der Waals surface area contributed by atoms with Crippen molar-refractivity contribution < 1.29 is 18.7 Å². The number of ether oxygens (including phenoxy) is 1. The summed E-state index contributed by atoms with van der Waals surface area (Å²) in [6.07, 6.45) is -0.190. The number of hydrogen-bond donors (Lipinski definition) is 1. The predicted octanol–water partition coefficient (Wildman–Crippen LogP) is 3.53. The van der Waals surface area contributed by atoms with E-state index in [0.717, 1.165) is 5.56 Å².